The van der Waals surface area contributed by atoms with E-state index in [1.54, 1.807) is 36.4 Å². The number of pyridine rings is 1. The second kappa shape index (κ2) is 8.56. The first-order chi connectivity index (χ1) is 16.5. The second-order valence-corrected chi connectivity index (χ2v) is 7.59. The van der Waals surface area contributed by atoms with Crippen LogP contribution in [-0.4, -0.2) is 32.6 Å². The average molecular weight is 450 g/mol. The maximum Gasteiger partial charge on any atom is 0.339 e. The molecule has 2 aromatic carbocycles. The molecule has 5 rings (SSSR count). The van der Waals surface area contributed by atoms with Gasteiger partial charge in [-0.2, -0.15) is 5.26 Å². The Morgan fingerprint density at radius 3 is 2.59 bits per heavy atom. The summed E-state index contributed by atoms with van der Waals surface area (Å²) in [6.45, 7) is 1.33. The van der Waals surface area contributed by atoms with E-state index in [1.807, 2.05) is 43.3 Å². The van der Waals surface area contributed by atoms with Gasteiger partial charge in [-0.25, -0.2) is 14.8 Å². The van der Waals surface area contributed by atoms with Crippen LogP contribution in [0.1, 0.15) is 21.9 Å². The Morgan fingerprint density at radius 1 is 1.09 bits per heavy atom. The van der Waals surface area contributed by atoms with Gasteiger partial charge >= 0.3 is 5.97 Å². The number of aliphatic hydroxyl groups is 1. The van der Waals surface area contributed by atoms with Crippen LogP contribution in [0.15, 0.2) is 76.9 Å². The van der Waals surface area contributed by atoms with Crippen LogP contribution in [0.3, 0.4) is 0 Å². The highest BCUT2D eigenvalue weighted by molar-refractivity contribution is 6.04. The lowest BCUT2D eigenvalue weighted by Gasteiger charge is -2.09. The molecule has 3 heterocycles. The fraction of sp³-hybridized carbons (Fsp3) is 0.0769. The molecule has 34 heavy (non-hydrogen) atoms. The van der Waals surface area contributed by atoms with Gasteiger partial charge in [-0.05, 0) is 43.3 Å². The molecule has 166 valence electrons. The third-order valence-corrected chi connectivity index (χ3v) is 5.30. The normalized spacial score (nSPS) is 11.9. The highest BCUT2D eigenvalue weighted by Crippen LogP contribution is 2.27. The number of rotatable bonds is 5. The van der Waals surface area contributed by atoms with E-state index in [2.05, 4.69) is 15.0 Å². The Morgan fingerprint density at radius 2 is 1.85 bits per heavy atom. The molecule has 0 aliphatic carbocycles. The number of para-hydroxylation sites is 3. The minimum absolute atomic E-state index is 0.102. The average Bonchev–Trinajstić information content (AvgIpc) is 3.48. The van der Waals surface area contributed by atoms with Gasteiger partial charge in [-0.1, -0.05) is 30.3 Å². The quantitative estimate of drug-likeness (QED) is 0.211. The predicted octanol–water partition coefficient (Wildman–Crippen LogP) is 5.33. The number of carbonyl (C=O) groups is 1. The number of esters is 1. The molecule has 0 aliphatic rings. The molecule has 0 saturated heterocycles. The van der Waals surface area contributed by atoms with Gasteiger partial charge < -0.3 is 19.2 Å². The first-order valence-electron chi connectivity index (χ1n) is 10.4. The Bertz CT molecular complexity index is 1590. The van der Waals surface area contributed by atoms with E-state index in [-0.39, 0.29) is 17.0 Å². The molecule has 0 atom stereocenters. The maximum absolute atomic E-state index is 13.0. The molecular formula is C26H18N4O4. The molecular weight excluding hydrogens is 432 g/mol. The molecule has 2 N–H and O–H groups in total. The third-order valence-electron chi connectivity index (χ3n) is 5.30. The van der Waals surface area contributed by atoms with E-state index in [1.165, 1.54) is 0 Å². The van der Waals surface area contributed by atoms with E-state index in [9.17, 15) is 15.2 Å². The Hall–Kier alpha value is -4.90. The molecule has 0 fully saturated rings. The highest BCUT2D eigenvalue weighted by atomic mass is 16.5. The molecule has 0 amide bonds. The SMILES string of the molecule is Cc1ccc(-c2cc(C(=O)OCC(O)=C(C#N)c3nc4ccccc4[nH]3)c3ccccc3n2)o1. The summed E-state index contributed by atoms with van der Waals surface area (Å²) in [5.41, 5.74) is 2.62. The van der Waals surface area contributed by atoms with Crippen molar-refractivity contribution in [2.45, 2.75) is 6.92 Å². The lowest BCUT2D eigenvalue weighted by atomic mass is 10.1. The van der Waals surface area contributed by atoms with Crippen molar-refractivity contribution in [1.82, 2.24) is 15.0 Å². The summed E-state index contributed by atoms with van der Waals surface area (Å²) in [6, 6.07) is 21.5. The summed E-state index contributed by atoms with van der Waals surface area (Å²) in [7, 11) is 0. The molecule has 0 radical (unpaired) electrons. The van der Waals surface area contributed by atoms with Crippen molar-refractivity contribution in [2.24, 2.45) is 0 Å². The Kier molecular flexibility index (Phi) is 5.28. The van der Waals surface area contributed by atoms with Gasteiger partial charge in [0.25, 0.3) is 0 Å². The van der Waals surface area contributed by atoms with Gasteiger partial charge in [0.1, 0.15) is 29.7 Å². The summed E-state index contributed by atoms with van der Waals surface area (Å²) >= 11 is 0. The number of aromatic amines is 1. The number of furan rings is 1. The van der Waals surface area contributed by atoms with E-state index in [0.717, 1.165) is 11.3 Å². The van der Waals surface area contributed by atoms with Crippen molar-refractivity contribution in [3.63, 3.8) is 0 Å². The molecule has 8 heteroatoms. The number of nitrogens with one attached hydrogen (secondary N) is 1. The number of nitrogens with zero attached hydrogens (tertiary/aromatic N) is 3. The van der Waals surface area contributed by atoms with Crippen molar-refractivity contribution in [3.05, 3.63) is 89.6 Å². The van der Waals surface area contributed by atoms with Crippen molar-refractivity contribution < 1.29 is 19.1 Å². The lowest BCUT2D eigenvalue weighted by molar-refractivity contribution is 0.0505. The second-order valence-electron chi connectivity index (χ2n) is 7.59. The molecule has 0 bridgehead atoms. The number of benzene rings is 2. The van der Waals surface area contributed by atoms with Gasteiger partial charge in [0, 0.05) is 5.39 Å². The molecule has 0 saturated carbocycles. The zero-order chi connectivity index (χ0) is 23.7. The van der Waals surface area contributed by atoms with Crippen molar-refractivity contribution >= 4 is 33.5 Å². The van der Waals surface area contributed by atoms with Gasteiger partial charge in [-0.15, -0.1) is 0 Å². The van der Waals surface area contributed by atoms with Crippen LogP contribution in [0, 0.1) is 18.3 Å². The van der Waals surface area contributed by atoms with Crippen LogP contribution < -0.4 is 0 Å². The minimum atomic E-state index is -0.670. The van der Waals surface area contributed by atoms with Gasteiger partial charge in [0.15, 0.2) is 17.3 Å². The number of hydrogen-bond acceptors (Lipinski definition) is 7. The number of aliphatic hydroxyl groups excluding tert-OH is 1. The van der Waals surface area contributed by atoms with Crippen LogP contribution in [-0.2, 0) is 4.74 Å². The monoisotopic (exact) mass is 450 g/mol. The van der Waals surface area contributed by atoms with Crippen LogP contribution in [0.4, 0.5) is 0 Å². The molecule has 0 spiro atoms. The van der Waals surface area contributed by atoms with Gasteiger partial charge in [-0.3, -0.25) is 0 Å². The number of aromatic nitrogens is 3. The third kappa shape index (κ3) is 3.87. The van der Waals surface area contributed by atoms with E-state index in [4.69, 9.17) is 9.15 Å². The van der Waals surface area contributed by atoms with Crippen molar-refractivity contribution in [3.8, 4) is 17.5 Å². The topological polar surface area (TPSA) is 125 Å². The fourth-order valence-corrected chi connectivity index (χ4v) is 3.65. The number of fused-ring (bicyclic) bond motifs is 2. The molecule has 5 aromatic rings. The first-order valence-corrected chi connectivity index (χ1v) is 10.4. The molecule has 3 aromatic heterocycles. The van der Waals surface area contributed by atoms with Crippen molar-refractivity contribution in [1.29, 1.82) is 5.26 Å². The number of imidazole rings is 1. The lowest BCUT2D eigenvalue weighted by Crippen LogP contribution is -2.10. The van der Waals surface area contributed by atoms with E-state index >= 15 is 0 Å². The minimum Gasteiger partial charge on any atom is -0.507 e. The summed E-state index contributed by atoms with van der Waals surface area (Å²) in [5, 5.41) is 20.7. The van der Waals surface area contributed by atoms with E-state index in [0.29, 0.717) is 27.9 Å². The number of ether oxygens (including phenoxy) is 1. The number of H-pyrrole nitrogens is 1. The van der Waals surface area contributed by atoms with E-state index < -0.39 is 18.3 Å². The smallest absolute Gasteiger partial charge is 0.339 e. The summed E-state index contributed by atoms with van der Waals surface area (Å²) in [5.74, 6) is 0.365. The molecule has 0 unspecified atom stereocenters. The van der Waals surface area contributed by atoms with Gasteiger partial charge in [0.05, 0.1) is 22.1 Å². The number of carbonyl (C=O) groups excluding carboxylic acids is 1. The number of aryl methyl sites for hydroxylation is 1. The highest BCUT2D eigenvalue weighted by Gasteiger charge is 2.19. The summed E-state index contributed by atoms with van der Waals surface area (Å²) in [6.07, 6.45) is 0. The Labute approximate surface area is 193 Å². The summed E-state index contributed by atoms with van der Waals surface area (Å²) in [4.78, 5) is 24.9. The number of hydrogen-bond donors (Lipinski definition) is 2. The van der Waals surface area contributed by atoms with Crippen LogP contribution in [0.2, 0.25) is 0 Å². The standard InChI is InChI=1S/C26H18N4O4/c1-15-10-11-24(34-15)22-12-17(16-6-2-3-7-19(16)28-22)26(32)33-14-23(31)18(13-27)25-29-20-8-4-5-9-21(20)30-25/h2-12,31H,14H2,1H3,(H,29,30). The number of nitriles is 1. The van der Waals surface area contributed by atoms with Gasteiger partial charge in [0.2, 0.25) is 0 Å². The summed E-state index contributed by atoms with van der Waals surface area (Å²) < 4.78 is 11.0. The zero-order valence-corrected chi connectivity index (χ0v) is 18.1. The largest absolute Gasteiger partial charge is 0.507 e. The maximum atomic E-state index is 13.0. The fourth-order valence-electron chi connectivity index (χ4n) is 3.65. The van der Waals surface area contributed by atoms with Crippen LogP contribution in [0.25, 0.3) is 39.0 Å². The van der Waals surface area contributed by atoms with Crippen LogP contribution in [0.5, 0.6) is 0 Å². The zero-order valence-electron chi connectivity index (χ0n) is 18.1. The first kappa shape index (κ1) is 21.0. The molecule has 0 aliphatic heterocycles. The number of allylic oxidation sites excluding steroid dienone is 1. The Balaban J connectivity index is 1.45. The van der Waals surface area contributed by atoms with Crippen molar-refractivity contribution in [2.75, 3.05) is 6.61 Å². The van der Waals surface area contributed by atoms with Crippen LogP contribution >= 0.6 is 0 Å². The molecule has 8 nitrogen and oxygen atoms in total. The predicted molar refractivity (Wildman–Crippen MR) is 126 cm³/mol.